The van der Waals surface area contributed by atoms with Crippen molar-refractivity contribution < 1.29 is 14.6 Å². The molecular formula is C15H17NO3. The molecule has 0 unspecified atom stereocenters. The van der Waals surface area contributed by atoms with E-state index in [1.165, 1.54) is 0 Å². The highest BCUT2D eigenvalue weighted by atomic mass is 16.5. The van der Waals surface area contributed by atoms with Gasteiger partial charge in [0, 0.05) is 5.56 Å². The van der Waals surface area contributed by atoms with E-state index in [4.69, 9.17) is 11.3 Å². The Kier molecular flexibility index (Phi) is 6.17. The molecule has 0 fully saturated rings. The highest BCUT2D eigenvalue weighted by molar-refractivity contribution is 5.97. The summed E-state index contributed by atoms with van der Waals surface area (Å²) in [6.45, 7) is 9.31. The predicted octanol–water partition coefficient (Wildman–Crippen LogP) is 3.57. The summed E-state index contributed by atoms with van der Waals surface area (Å²) in [5.74, 6) is -1.11. The second-order valence-corrected chi connectivity index (χ2v) is 4.02. The van der Waals surface area contributed by atoms with E-state index in [1.807, 2.05) is 6.92 Å². The third-order valence-corrected chi connectivity index (χ3v) is 2.56. The molecule has 4 nitrogen and oxygen atoms in total. The molecule has 0 heterocycles. The maximum atomic E-state index is 11.7. The van der Waals surface area contributed by atoms with E-state index in [0.717, 1.165) is 19.3 Å². The highest BCUT2D eigenvalue weighted by Gasteiger charge is 2.18. The molecule has 0 saturated carbocycles. The van der Waals surface area contributed by atoms with Crippen LogP contribution in [-0.4, -0.2) is 17.7 Å². The zero-order chi connectivity index (χ0) is 14.1. The van der Waals surface area contributed by atoms with Crippen molar-refractivity contribution in [2.75, 3.05) is 6.61 Å². The first kappa shape index (κ1) is 14.8. The molecule has 4 heteroatoms. The van der Waals surface area contributed by atoms with Gasteiger partial charge in [0.15, 0.2) is 0 Å². The number of esters is 1. The maximum Gasteiger partial charge on any atom is 0.340 e. The van der Waals surface area contributed by atoms with Gasteiger partial charge in [-0.15, -0.1) is 0 Å². The monoisotopic (exact) mass is 259 g/mol. The SMILES string of the molecule is [C-]#[N+]/C(C(=O)OCCCCC)=C(/O)c1ccccc1. The number of aliphatic hydroxyl groups is 1. The molecule has 0 aliphatic carbocycles. The van der Waals surface area contributed by atoms with Crippen LogP contribution in [-0.2, 0) is 9.53 Å². The Labute approximate surface area is 113 Å². The van der Waals surface area contributed by atoms with E-state index in [0.29, 0.717) is 5.56 Å². The normalized spacial score (nSPS) is 11.4. The van der Waals surface area contributed by atoms with E-state index in [9.17, 15) is 9.90 Å². The molecule has 1 aromatic rings. The van der Waals surface area contributed by atoms with Crippen molar-refractivity contribution in [3.05, 3.63) is 53.0 Å². The van der Waals surface area contributed by atoms with Crippen LogP contribution in [0.3, 0.4) is 0 Å². The first-order valence-corrected chi connectivity index (χ1v) is 6.24. The number of carbonyl (C=O) groups is 1. The molecule has 0 aromatic heterocycles. The van der Waals surface area contributed by atoms with Crippen molar-refractivity contribution in [2.24, 2.45) is 0 Å². The van der Waals surface area contributed by atoms with E-state index in [1.54, 1.807) is 30.3 Å². The van der Waals surface area contributed by atoms with Crippen LogP contribution in [0.4, 0.5) is 0 Å². The summed E-state index contributed by atoms with van der Waals surface area (Å²) in [6, 6.07) is 8.49. The second-order valence-electron chi connectivity index (χ2n) is 4.02. The van der Waals surface area contributed by atoms with Crippen molar-refractivity contribution in [2.45, 2.75) is 26.2 Å². The van der Waals surface area contributed by atoms with E-state index < -0.39 is 5.97 Å². The number of ether oxygens (including phenoxy) is 1. The molecule has 0 aliphatic rings. The zero-order valence-corrected chi connectivity index (χ0v) is 10.9. The molecule has 0 atom stereocenters. The van der Waals surface area contributed by atoms with Gasteiger partial charge in [-0.05, 0) is 6.42 Å². The van der Waals surface area contributed by atoms with Crippen LogP contribution in [0.25, 0.3) is 10.6 Å². The largest absolute Gasteiger partial charge is 0.518 e. The van der Waals surface area contributed by atoms with Crippen LogP contribution in [0, 0.1) is 6.57 Å². The summed E-state index contributed by atoms with van der Waals surface area (Å²) in [5.41, 5.74) is 0.0571. The van der Waals surface area contributed by atoms with Gasteiger partial charge >= 0.3 is 11.7 Å². The van der Waals surface area contributed by atoms with Crippen LogP contribution in [0.1, 0.15) is 31.7 Å². The Balaban J connectivity index is 2.77. The standard InChI is InChI=1S/C15H17NO3/c1-3-4-8-11-19-15(18)13(16-2)14(17)12-9-6-5-7-10-12/h5-7,9-10,17H,3-4,8,11H2,1H3/b14-13+. The summed E-state index contributed by atoms with van der Waals surface area (Å²) in [6.07, 6.45) is 2.76. The van der Waals surface area contributed by atoms with E-state index in [2.05, 4.69) is 4.85 Å². The van der Waals surface area contributed by atoms with Gasteiger partial charge in [-0.3, -0.25) is 4.79 Å². The summed E-state index contributed by atoms with van der Waals surface area (Å²) in [7, 11) is 0. The Morgan fingerprint density at radius 1 is 1.32 bits per heavy atom. The van der Waals surface area contributed by atoms with E-state index >= 15 is 0 Å². The number of carbonyl (C=O) groups excluding carboxylic acids is 1. The van der Waals surface area contributed by atoms with Gasteiger partial charge < -0.3 is 9.84 Å². The minimum absolute atomic E-state index is 0.272. The Morgan fingerprint density at radius 2 is 2.00 bits per heavy atom. The molecule has 100 valence electrons. The highest BCUT2D eigenvalue weighted by Crippen LogP contribution is 2.17. The molecule has 19 heavy (non-hydrogen) atoms. The van der Waals surface area contributed by atoms with Crippen LogP contribution in [0.2, 0.25) is 0 Å². The van der Waals surface area contributed by atoms with Crippen LogP contribution in [0.5, 0.6) is 0 Å². The molecule has 1 rings (SSSR count). The Bertz CT molecular complexity index is 486. The van der Waals surface area contributed by atoms with Gasteiger partial charge in [0.05, 0.1) is 13.2 Å². The third-order valence-electron chi connectivity index (χ3n) is 2.56. The first-order valence-electron chi connectivity index (χ1n) is 6.24. The summed E-state index contributed by atoms with van der Waals surface area (Å²) >= 11 is 0. The van der Waals surface area contributed by atoms with Gasteiger partial charge in [-0.25, -0.2) is 4.85 Å². The van der Waals surface area contributed by atoms with Gasteiger partial charge in [-0.1, -0.05) is 50.1 Å². The summed E-state index contributed by atoms with van der Waals surface area (Å²) < 4.78 is 4.97. The number of hydrogen-bond donors (Lipinski definition) is 1. The predicted molar refractivity (Wildman–Crippen MR) is 73.1 cm³/mol. The van der Waals surface area contributed by atoms with Crippen LogP contribution in [0.15, 0.2) is 36.0 Å². The molecular weight excluding hydrogens is 242 g/mol. The van der Waals surface area contributed by atoms with Gasteiger partial charge in [0.2, 0.25) is 0 Å². The molecule has 0 spiro atoms. The average Bonchev–Trinajstić information content (AvgIpc) is 2.45. The average molecular weight is 259 g/mol. The molecule has 1 aromatic carbocycles. The molecule has 0 aliphatic heterocycles. The lowest BCUT2D eigenvalue weighted by Gasteiger charge is -2.06. The fourth-order valence-corrected chi connectivity index (χ4v) is 1.51. The van der Waals surface area contributed by atoms with Crippen molar-refractivity contribution in [1.29, 1.82) is 0 Å². The molecule has 0 saturated heterocycles. The fraction of sp³-hybridized carbons (Fsp3) is 0.333. The maximum absolute atomic E-state index is 11.7. The van der Waals surface area contributed by atoms with Gasteiger partial charge in [-0.2, -0.15) is 0 Å². The number of unbranched alkanes of at least 4 members (excludes halogenated alkanes) is 2. The lowest BCUT2D eigenvalue weighted by atomic mass is 10.1. The van der Waals surface area contributed by atoms with Crippen LogP contribution < -0.4 is 0 Å². The lowest BCUT2D eigenvalue weighted by molar-refractivity contribution is -0.138. The minimum Gasteiger partial charge on any atom is -0.518 e. The lowest BCUT2D eigenvalue weighted by Crippen LogP contribution is -2.09. The molecule has 0 radical (unpaired) electrons. The van der Waals surface area contributed by atoms with E-state index in [-0.39, 0.29) is 18.1 Å². The molecule has 0 amide bonds. The van der Waals surface area contributed by atoms with Crippen molar-refractivity contribution >= 4 is 11.7 Å². The zero-order valence-electron chi connectivity index (χ0n) is 10.9. The number of rotatable bonds is 6. The molecule has 1 N–H and O–H groups in total. The Hall–Kier alpha value is -2.28. The molecule has 0 bridgehead atoms. The van der Waals surface area contributed by atoms with Gasteiger partial charge in [0.1, 0.15) is 5.76 Å². The fourth-order valence-electron chi connectivity index (χ4n) is 1.51. The van der Waals surface area contributed by atoms with Crippen LogP contribution >= 0.6 is 0 Å². The minimum atomic E-state index is -0.771. The topological polar surface area (TPSA) is 50.9 Å². The summed E-state index contributed by atoms with van der Waals surface area (Å²) in [5, 5.41) is 9.92. The van der Waals surface area contributed by atoms with Crippen molar-refractivity contribution in [3.8, 4) is 0 Å². The van der Waals surface area contributed by atoms with Crippen molar-refractivity contribution in [1.82, 2.24) is 0 Å². The second kappa shape index (κ2) is 7.93. The number of hydrogen-bond acceptors (Lipinski definition) is 3. The number of benzene rings is 1. The smallest absolute Gasteiger partial charge is 0.340 e. The van der Waals surface area contributed by atoms with Gasteiger partial charge in [0.25, 0.3) is 0 Å². The Morgan fingerprint density at radius 3 is 2.58 bits per heavy atom. The number of aliphatic hydroxyl groups excluding tert-OH is 1. The first-order chi connectivity index (χ1) is 9.20. The third kappa shape index (κ3) is 4.47. The summed E-state index contributed by atoms with van der Waals surface area (Å²) in [4.78, 5) is 14.8. The number of nitrogens with zero attached hydrogens (tertiary/aromatic N) is 1. The van der Waals surface area contributed by atoms with Crippen molar-refractivity contribution in [3.63, 3.8) is 0 Å². The quantitative estimate of drug-likeness (QED) is 0.279.